The van der Waals surface area contributed by atoms with Crippen molar-refractivity contribution in [2.45, 2.75) is 18.6 Å². The Morgan fingerprint density at radius 3 is 2.47 bits per heavy atom. The number of hydrogen-bond acceptors (Lipinski definition) is 3. The van der Waals surface area contributed by atoms with Gasteiger partial charge >= 0.3 is 0 Å². The Kier molecular flexibility index (Phi) is 3.74. The number of hydrogen-bond donors (Lipinski definition) is 3. The molecule has 0 aliphatic heterocycles. The van der Waals surface area contributed by atoms with Gasteiger partial charge in [-0.1, -0.05) is 42.5 Å². The lowest BCUT2D eigenvalue weighted by Crippen LogP contribution is -2.21. The fraction of sp³-hybridized carbons (Fsp3) is 0.286. The zero-order chi connectivity index (χ0) is 12.3. The van der Waals surface area contributed by atoms with Gasteiger partial charge in [-0.2, -0.15) is 0 Å². The highest BCUT2D eigenvalue weighted by Gasteiger charge is 2.19. The highest BCUT2D eigenvalue weighted by Crippen LogP contribution is 2.26. The van der Waals surface area contributed by atoms with Crippen molar-refractivity contribution >= 4 is 10.8 Å². The van der Waals surface area contributed by atoms with E-state index in [1.807, 2.05) is 42.5 Å². The maximum absolute atomic E-state index is 10.1. The molecule has 4 N–H and O–H groups in total. The van der Waals surface area contributed by atoms with E-state index in [1.54, 1.807) is 0 Å². The van der Waals surface area contributed by atoms with Crippen molar-refractivity contribution in [3.8, 4) is 0 Å². The van der Waals surface area contributed by atoms with Crippen LogP contribution >= 0.6 is 0 Å². The molecule has 0 aliphatic rings. The molecule has 0 fully saturated rings. The Balaban J connectivity index is 2.41. The molecule has 90 valence electrons. The van der Waals surface area contributed by atoms with Crippen molar-refractivity contribution in [2.24, 2.45) is 5.73 Å². The number of benzene rings is 2. The second kappa shape index (κ2) is 5.27. The van der Waals surface area contributed by atoms with Crippen LogP contribution in [-0.4, -0.2) is 22.9 Å². The molecule has 0 saturated carbocycles. The molecule has 3 heteroatoms. The first-order valence-corrected chi connectivity index (χ1v) is 5.78. The van der Waals surface area contributed by atoms with E-state index in [1.165, 1.54) is 0 Å². The Labute approximate surface area is 101 Å². The van der Waals surface area contributed by atoms with Crippen molar-refractivity contribution < 1.29 is 10.2 Å². The van der Waals surface area contributed by atoms with Gasteiger partial charge in [0.15, 0.2) is 0 Å². The van der Waals surface area contributed by atoms with E-state index in [2.05, 4.69) is 0 Å². The van der Waals surface area contributed by atoms with Crippen LogP contribution in [0, 0.1) is 0 Å². The molecule has 17 heavy (non-hydrogen) atoms. The van der Waals surface area contributed by atoms with E-state index in [9.17, 15) is 10.2 Å². The zero-order valence-corrected chi connectivity index (χ0v) is 9.58. The SMILES string of the molecule is NCCC(O)C(O)c1cccc2ccccc12. The van der Waals surface area contributed by atoms with Crippen LogP contribution in [0.3, 0.4) is 0 Å². The maximum atomic E-state index is 10.1. The van der Waals surface area contributed by atoms with Crippen LogP contribution < -0.4 is 5.73 Å². The molecule has 0 aromatic heterocycles. The number of rotatable bonds is 4. The maximum Gasteiger partial charge on any atom is 0.105 e. The smallest absolute Gasteiger partial charge is 0.105 e. The monoisotopic (exact) mass is 231 g/mol. The second-order valence-electron chi connectivity index (χ2n) is 4.16. The highest BCUT2D eigenvalue weighted by molar-refractivity contribution is 5.86. The lowest BCUT2D eigenvalue weighted by Gasteiger charge is -2.19. The van der Waals surface area contributed by atoms with Gasteiger partial charge in [0.1, 0.15) is 6.10 Å². The van der Waals surface area contributed by atoms with Crippen molar-refractivity contribution in [3.05, 3.63) is 48.0 Å². The minimum absolute atomic E-state index is 0.364. The number of fused-ring (bicyclic) bond motifs is 1. The predicted octanol–water partition coefficient (Wildman–Crippen LogP) is 1.58. The Hall–Kier alpha value is -1.42. The molecule has 0 saturated heterocycles. The molecular formula is C14H17NO2. The summed E-state index contributed by atoms with van der Waals surface area (Å²) in [6.07, 6.45) is -1.31. The summed E-state index contributed by atoms with van der Waals surface area (Å²) in [7, 11) is 0. The third kappa shape index (κ3) is 2.47. The Morgan fingerprint density at radius 2 is 1.71 bits per heavy atom. The van der Waals surface area contributed by atoms with E-state index in [0.29, 0.717) is 13.0 Å². The molecule has 0 bridgehead atoms. The summed E-state index contributed by atoms with van der Waals surface area (Å²) < 4.78 is 0. The van der Waals surface area contributed by atoms with Crippen molar-refractivity contribution in [2.75, 3.05) is 6.54 Å². The van der Waals surface area contributed by atoms with Crippen LogP contribution in [-0.2, 0) is 0 Å². The van der Waals surface area contributed by atoms with Gasteiger partial charge in [-0.25, -0.2) is 0 Å². The van der Waals surface area contributed by atoms with Crippen LogP contribution in [0.15, 0.2) is 42.5 Å². The fourth-order valence-electron chi connectivity index (χ4n) is 2.04. The Morgan fingerprint density at radius 1 is 1.00 bits per heavy atom. The lowest BCUT2D eigenvalue weighted by molar-refractivity contribution is 0.0159. The summed E-state index contributed by atoms with van der Waals surface area (Å²) in [6.45, 7) is 0.364. The average molecular weight is 231 g/mol. The van der Waals surface area contributed by atoms with E-state index in [4.69, 9.17) is 5.73 Å². The van der Waals surface area contributed by atoms with Gasteiger partial charge in [0.05, 0.1) is 6.10 Å². The summed E-state index contributed by atoms with van der Waals surface area (Å²) in [5, 5.41) is 21.9. The highest BCUT2D eigenvalue weighted by atomic mass is 16.3. The molecule has 2 rings (SSSR count). The number of nitrogens with two attached hydrogens (primary N) is 1. The van der Waals surface area contributed by atoms with Gasteiger partial charge < -0.3 is 15.9 Å². The number of aliphatic hydroxyl groups excluding tert-OH is 2. The molecular weight excluding hydrogens is 214 g/mol. The van der Waals surface area contributed by atoms with Gasteiger partial charge in [0.25, 0.3) is 0 Å². The van der Waals surface area contributed by atoms with Gasteiger partial charge in [0, 0.05) is 0 Å². The van der Waals surface area contributed by atoms with Crippen LogP contribution in [0.2, 0.25) is 0 Å². The van der Waals surface area contributed by atoms with Crippen LogP contribution in [0.5, 0.6) is 0 Å². The molecule has 0 spiro atoms. The molecule has 2 unspecified atom stereocenters. The molecule has 0 radical (unpaired) electrons. The largest absolute Gasteiger partial charge is 0.390 e. The molecule has 3 nitrogen and oxygen atoms in total. The topological polar surface area (TPSA) is 66.5 Å². The quantitative estimate of drug-likeness (QED) is 0.748. The summed E-state index contributed by atoms with van der Waals surface area (Å²) >= 11 is 0. The lowest BCUT2D eigenvalue weighted by atomic mass is 9.96. The molecule has 0 heterocycles. The molecule has 2 aromatic carbocycles. The first kappa shape index (κ1) is 12.0. The van der Waals surface area contributed by atoms with Crippen molar-refractivity contribution in [3.63, 3.8) is 0 Å². The van der Waals surface area contributed by atoms with Gasteiger partial charge in [-0.15, -0.1) is 0 Å². The summed E-state index contributed by atoms with van der Waals surface area (Å²) in [5.74, 6) is 0. The molecule has 2 atom stereocenters. The average Bonchev–Trinajstić information content (AvgIpc) is 2.37. The first-order valence-electron chi connectivity index (χ1n) is 5.78. The molecule has 2 aromatic rings. The summed E-state index contributed by atoms with van der Waals surface area (Å²) in [4.78, 5) is 0. The standard InChI is InChI=1S/C14H17NO2/c15-9-8-13(16)14(17)12-7-3-5-10-4-1-2-6-11(10)12/h1-7,13-14,16-17H,8-9,15H2. The van der Waals surface area contributed by atoms with Crippen LogP contribution in [0.4, 0.5) is 0 Å². The Bertz CT molecular complexity index is 493. The van der Waals surface area contributed by atoms with Crippen LogP contribution in [0.25, 0.3) is 10.8 Å². The predicted molar refractivity (Wildman–Crippen MR) is 68.6 cm³/mol. The van der Waals surface area contributed by atoms with Gasteiger partial charge in [0.2, 0.25) is 0 Å². The fourth-order valence-corrected chi connectivity index (χ4v) is 2.04. The van der Waals surface area contributed by atoms with E-state index in [0.717, 1.165) is 16.3 Å². The molecule has 0 aliphatic carbocycles. The minimum Gasteiger partial charge on any atom is -0.390 e. The van der Waals surface area contributed by atoms with Gasteiger partial charge in [-0.3, -0.25) is 0 Å². The first-order chi connectivity index (χ1) is 8.24. The zero-order valence-electron chi connectivity index (χ0n) is 9.58. The number of aliphatic hydroxyl groups is 2. The third-order valence-electron chi connectivity index (χ3n) is 2.97. The van der Waals surface area contributed by atoms with E-state index < -0.39 is 12.2 Å². The summed E-state index contributed by atoms with van der Waals surface area (Å²) in [5.41, 5.74) is 6.14. The second-order valence-corrected chi connectivity index (χ2v) is 4.16. The summed E-state index contributed by atoms with van der Waals surface area (Å²) in [6, 6.07) is 13.5. The van der Waals surface area contributed by atoms with Gasteiger partial charge in [-0.05, 0) is 29.3 Å². The minimum atomic E-state index is -0.885. The molecule has 0 amide bonds. The van der Waals surface area contributed by atoms with Crippen molar-refractivity contribution in [1.82, 2.24) is 0 Å². The van der Waals surface area contributed by atoms with E-state index in [-0.39, 0.29) is 0 Å². The van der Waals surface area contributed by atoms with Crippen molar-refractivity contribution in [1.29, 1.82) is 0 Å². The normalized spacial score (nSPS) is 14.8. The van der Waals surface area contributed by atoms with Crippen LogP contribution in [0.1, 0.15) is 18.1 Å². The van der Waals surface area contributed by atoms with E-state index >= 15 is 0 Å². The third-order valence-corrected chi connectivity index (χ3v) is 2.97.